The fourth-order valence-electron chi connectivity index (χ4n) is 1.89. The van der Waals surface area contributed by atoms with Crippen molar-refractivity contribution < 1.29 is 4.79 Å². The molecule has 0 spiro atoms. The van der Waals surface area contributed by atoms with Gasteiger partial charge in [0.05, 0.1) is 0 Å². The Morgan fingerprint density at radius 3 is 2.28 bits per heavy atom. The van der Waals surface area contributed by atoms with E-state index in [1.54, 1.807) is 6.92 Å². The topological polar surface area (TPSA) is 17.1 Å². The second kappa shape index (κ2) is 6.95. The van der Waals surface area contributed by atoms with E-state index in [2.05, 4.69) is 43.3 Å². The SMILES string of the molecule is CC.CC(=O)CCc1ccc2cc(C)ccc2c1. The Labute approximate surface area is 110 Å². The molecule has 18 heavy (non-hydrogen) atoms. The summed E-state index contributed by atoms with van der Waals surface area (Å²) in [6.07, 6.45) is 1.48. The van der Waals surface area contributed by atoms with Crippen molar-refractivity contribution in [3.63, 3.8) is 0 Å². The summed E-state index contributed by atoms with van der Waals surface area (Å²) in [7, 11) is 0. The van der Waals surface area contributed by atoms with Crippen LogP contribution in [0.1, 0.15) is 38.3 Å². The molecule has 0 amide bonds. The van der Waals surface area contributed by atoms with Crippen LogP contribution in [0.5, 0.6) is 0 Å². The van der Waals surface area contributed by atoms with Crippen LogP contribution in [0, 0.1) is 6.92 Å². The van der Waals surface area contributed by atoms with Crippen LogP contribution in [0.2, 0.25) is 0 Å². The third kappa shape index (κ3) is 3.99. The van der Waals surface area contributed by atoms with Crippen molar-refractivity contribution in [3.05, 3.63) is 47.5 Å². The number of benzene rings is 2. The number of rotatable bonds is 3. The molecule has 2 rings (SSSR count). The number of ketones is 1. The second-order valence-corrected chi connectivity index (χ2v) is 4.39. The number of fused-ring (bicyclic) bond motifs is 1. The molecule has 0 aliphatic rings. The zero-order valence-electron chi connectivity index (χ0n) is 11.8. The molecule has 0 heterocycles. The van der Waals surface area contributed by atoms with Gasteiger partial charge >= 0.3 is 0 Å². The summed E-state index contributed by atoms with van der Waals surface area (Å²) in [5, 5.41) is 2.53. The van der Waals surface area contributed by atoms with E-state index in [4.69, 9.17) is 0 Å². The average molecular weight is 242 g/mol. The van der Waals surface area contributed by atoms with Gasteiger partial charge in [-0.05, 0) is 36.6 Å². The van der Waals surface area contributed by atoms with Crippen LogP contribution in [0.15, 0.2) is 36.4 Å². The summed E-state index contributed by atoms with van der Waals surface area (Å²) in [4.78, 5) is 10.9. The van der Waals surface area contributed by atoms with Crippen LogP contribution >= 0.6 is 0 Å². The van der Waals surface area contributed by atoms with E-state index in [1.165, 1.54) is 21.9 Å². The summed E-state index contributed by atoms with van der Waals surface area (Å²) in [5.74, 6) is 0.254. The lowest BCUT2D eigenvalue weighted by Gasteiger charge is -2.03. The Hall–Kier alpha value is -1.63. The molecule has 0 atom stereocenters. The van der Waals surface area contributed by atoms with Gasteiger partial charge in [-0.2, -0.15) is 0 Å². The molecular formula is C17H22O. The van der Waals surface area contributed by atoms with Crippen LogP contribution in [-0.2, 0) is 11.2 Å². The number of Topliss-reactive ketones (excluding diaryl/α,β-unsaturated/α-hetero) is 1. The van der Waals surface area contributed by atoms with Crippen molar-refractivity contribution in [2.24, 2.45) is 0 Å². The van der Waals surface area contributed by atoms with Crippen LogP contribution in [0.3, 0.4) is 0 Å². The summed E-state index contributed by atoms with van der Waals surface area (Å²) < 4.78 is 0. The Kier molecular flexibility index (Phi) is 5.57. The van der Waals surface area contributed by atoms with Crippen molar-refractivity contribution in [2.75, 3.05) is 0 Å². The van der Waals surface area contributed by atoms with Crippen LogP contribution in [0.25, 0.3) is 10.8 Å². The van der Waals surface area contributed by atoms with Gasteiger partial charge in [0.2, 0.25) is 0 Å². The molecule has 2 aromatic rings. The quantitative estimate of drug-likeness (QED) is 0.762. The van der Waals surface area contributed by atoms with Crippen LogP contribution in [-0.4, -0.2) is 5.78 Å². The van der Waals surface area contributed by atoms with E-state index >= 15 is 0 Å². The van der Waals surface area contributed by atoms with Gasteiger partial charge in [0.1, 0.15) is 5.78 Å². The highest BCUT2D eigenvalue weighted by Crippen LogP contribution is 2.18. The van der Waals surface area contributed by atoms with E-state index in [-0.39, 0.29) is 5.78 Å². The zero-order chi connectivity index (χ0) is 13.5. The third-order valence-electron chi connectivity index (χ3n) is 2.83. The van der Waals surface area contributed by atoms with Crippen molar-refractivity contribution >= 4 is 16.6 Å². The third-order valence-corrected chi connectivity index (χ3v) is 2.83. The minimum absolute atomic E-state index is 0.254. The summed E-state index contributed by atoms with van der Waals surface area (Å²) in [6.45, 7) is 7.74. The molecule has 0 saturated carbocycles. The molecule has 0 radical (unpaired) electrons. The van der Waals surface area contributed by atoms with Gasteiger partial charge in [-0.3, -0.25) is 0 Å². The van der Waals surface area contributed by atoms with Crippen molar-refractivity contribution in [2.45, 2.75) is 40.5 Å². The first-order chi connectivity index (χ1) is 8.65. The van der Waals surface area contributed by atoms with Crippen LogP contribution < -0.4 is 0 Å². The largest absolute Gasteiger partial charge is 0.300 e. The molecule has 0 aliphatic carbocycles. The normalized spacial score (nSPS) is 9.78. The molecule has 0 aromatic heterocycles. The highest BCUT2D eigenvalue weighted by molar-refractivity contribution is 5.84. The van der Waals surface area contributed by atoms with Crippen molar-refractivity contribution in [1.29, 1.82) is 0 Å². The Morgan fingerprint density at radius 1 is 1.00 bits per heavy atom. The lowest BCUT2D eigenvalue weighted by Crippen LogP contribution is -1.93. The molecule has 0 saturated heterocycles. The van der Waals surface area contributed by atoms with E-state index in [0.29, 0.717) is 6.42 Å². The predicted molar refractivity (Wildman–Crippen MR) is 79.0 cm³/mol. The first-order valence-electron chi connectivity index (χ1n) is 6.64. The van der Waals surface area contributed by atoms with Gasteiger partial charge < -0.3 is 4.79 Å². The van der Waals surface area contributed by atoms with Gasteiger partial charge in [0.15, 0.2) is 0 Å². The Balaban J connectivity index is 0.000000771. The molecule has 0 fully saturated rings. The minimum Gasteiger partial charge on any atom is -0.300 e. The fourth-order valence-corrected chi connectivity index (χ4v) is 1.89. The number of carbonyl (C=O) groups is 1. The zero-order valence-corrected chi connectivity index (χ0v) is 11.8. The maximum absolute atomic E-state index is 10.9. The van der Waals surface area contributed by atoms with Crippen molar-refractivity contribution in [3.8, 4) is 0 Å². The van der Waals surface area contributed by atoms with Crippen LogP contribution in [0.4, 0.5) is 0 Å². The van der Waals surface area contributed by atoms with E-state index in [9.17, 15) is 4.79 Å². The lowest BCUT2D eigenvalue weighted by molar-refractivity contribution is -0.116. The van der Waals surface area contributed by atoms with Gasteiger partial charge in [0, 0.05) is 6.42 Å². The molecule has 0 bridgehead atoms. The number of hydrogen-bond acceptors (Lipinski definition) is 1. The highest BCUT2D eigenvalue weighted by Gasteiger charge is 1.99. The molecule has 0 unspecified atom stereocenters. The molecule has 0 aliphatic heterocycles. The van der Waals surface area contributed by atoms with E-state index in [0.717, 1.165) is 6.42 Å². The maximum atomic E-state index is 10.9. The highest BCUT2D eigenvalue weighted by atomic mass is 16.1. The monoisotopic (exact) mass is 242 g/mol. The predicted octanol–water partition coefficient (Wildman–Crippen LogP) is 4.70. The molecular weight excluding hydrogens is 220 g/mol. The van der Waals surface area contributed by atoms with Gasteiger partial charge in [-0.15, -0.1) is 0 Å². The molecule has 1 nitrogen and oxygen atoms in total. The van der Waals surface area contributed by atoms with Gasteiger partial charge in [-0.25, -0.2) is 0 Å². The number of aryl methyl sites for hydroxylation is 2. The van der Waals surface area contributed by atoms with E-state index < -0.39 is 0 Å². The van der Waals surface area contributed by atoms with Gasteiger partial charge in [0.25, 0.3) is 0 Å². The minimum atomic E-state index is 0.254. The van der Waals surface area contributed by atoms with E-state index in [1.807, 2.05) is 13.8 Å². The summed E-state index contributed by atoms with van der Waals surface area (Å²) in [6, 6.07) is 12.9. The molecule has 0 N–H and O–H groups in total. The average Bonchev–Trinajstić information content (AvgIpc) is 2.38. The first kappa shape index (κ1) is 14.4. The van der Waals surface area contributed by atoms with Crippen molar-refractivity contribution in [1.82, 2.24) is 0 Å². The summed E-state index contributed by atoms with van der Waals surface area (Å²) in [5.41, 5.74) is 2.52. The fraction of sp³-hybridized carbons (Fsp3) is 0.353. The van der Waals surface area contributed by atoms with Gasteiger partial charge in [-0.1, -0.05) is 55.8 Å². The standard InChI is InChI=1S/C15H16O.C2H6/c1-11-3-7-15-10-13(5-4-12(2)16)6-8-14(15)9-11;1-2/h3,6-10H,4-5H2,1-2H3;1-2H3. The molecule has 2 aromatic carbocycles. The smallest absolute Gasteiger partial charge is 0.130 e. The lowest BCUT2D eigenvalue weighted by atomic mass is 10.0. The number of carbonyl (C=O) groups excluding carboxylic acids is 1. The first-order valence-corrected chi connectivity index (χ1v) is 6.64. The summed E-state index contributed by atoms with van der Waals surface area (Å²) >= 11 is 0. The molecule has 1 heteroatoms. The Bertz CT molecular complexity index is 526. The maximum Gasteiger partial charge on any atom is 0.130 e. The Morgan fingerprint density at radius 2 is 1.61 bits per heavy atom. The second-order valence-electron chi connectivity index (χ2n) is 4.39. The molecule has 96 valence electrons. The number of hydrogen-bond donors (Lipinski definition) is 0.